The molecule has 2 atom stereocenters. The molecule has 1 aliphatic rings. The van der Waals surface area contributed by atoms with Crippen molar-refractivity contribution in [3.63, 3.8) is 0 Å². The number of alkyl halides is 1. The van der Waals surface area contributed by atoms with E-state index in [0.717, 1.165) is 10.7 Å². The van der Waals surface area contributed by atoms with Crippen LogP contribution in [0, 0.1) is 11.3 Å². The van der Waals surface area contributed by atoms with Gasteiger partial charge in [-0.3, -0.25) is 0 Å². The molecule has 0 aliphatic heterocycles. The van der Waals surface area contributed by atoms with Crippen molar-refractivity contribution in [2.45, 2.75) is 57.7 Å². The summed E-state index contributed by atoms with van der Waals surface area (Å²) >= 11 is 3.77. The Morgan fingerprint density at radius 3 is 2.33 bits per heavy atom. The minimum absolute atomic E-state index is 0.523. The van der Waals surface area contributed by atoms with E-state index >= 15 is 0 Å². The zero-order chi connectivity index (χ0) is 9.19. The molecule has 1 saturated carbocycles. The summed E-state index contributed by atoms with van der Waals surface area (Å²) in [4.78, 5) is 0.819. The second kappa shape index (κ2) is 4.13. The summed E-state index contributed by atoms with van der Waals surface area (Å²) in [7, 11) is 0. The molecular formula is C11H21Br. The quantitative estimate of drug-likeness (QED) is 0.621. The predicted molar refractivity (Wildman–Crippen MR) is 58.7 cm³/mol. The van der Waals surface area contributed by atoms with Crippen molar-refractivity contribution in [1.29, 1.82) is 0 Å². The molecule has 0 saturated heterocycles. The molecular weight excluding hydrogens is 212 g/mol. The van der Waals surface area contributed by atoms with Gasteiger partial charge in [-0.25, -0.2) is 0 Å². The zero-order valence-electron chi connectivity index (χ0n) is 8.57. The molecule has 0 aromatic heterocycles. The minimum Gasteiger partial charge on any atom is -0.0888 e. The smallest absolute Gasteiger partial charge is 0.0174 e. The summed E-state index contributed by atoms with van der Waals surface area (Å²) in [6.07, 6.45) is 7.07. The molecule has 2 unspecified atom stereocenters. The average molecular weight is 233 g/mol. The molecule has 0 N–H and O–H groups in total. The van der Waals surface area contributed by atoms with Gasteiger partial charge in [-0.05, 0) is 37.0 Å². The lowest BCUT2D eigenvalue weighted by Gasteiger charge is -2.22. The van der Waals surface area contributed by atoms with Crippen LogP contribution in [0.25, 0.3) is 0 Å². The molecule has 0 bridgehead atoms. The molecule has 1 aliphatic carbocycles. The predicted octanol–water partition coefficient (Wildman–Crippen LogP) is 4.38. The van der Waals surface area contributed by atoms with Gasteiger partial charge < -0.3 is 0 Å². The van der Waals surface area contributed by atoms with Crippen molar-refractivity contribution in [3.8, 4) is 0 Å². The second-order valence-corrected chi connectivity index (χ2v) is 6.48. The van der Waals surface area contributed by atoms with Gasteiger partial charge in [-0.1, -0.05) is 43.1 Å². The van der Waals surface area contributed by atoms with E-state index in [1.54, 1.807) is 0 Å². The van der Waals surface area contributed by atoms with Crippen LogP contribution in [-0.4, -0.2) is 4.83 Å². The van der Waals surface area contributed by atoms with Crippen LogP contribution in [0.3, 0.4) is 0 Å². The highest BCUT2D eigenvalue weighted by molar-refractivity contribution is 9.09. The van der Waals surface area contributed by atoms with E-state index in [0.29, 0.717) is 5.41 Å². The summed E-state index contributed by atoms with van der Waals surface area (Å²) in [6, 6.07) is 0. The van der Waals surface area contributed by atoms with Crippen molar-refractivity contribution in [1.82, 2.24) is 0 Å². The fourth-order valence-electron chi connectivity index (χ4n) is 1.94. The van der Waals surface area contributed by atoms with Crippen LogP contribution in [0.2, 0.25) is 0 Å². The molecule has 0 aromatic rings. The van der Waals surface area contributed by atoms with Gasteiger partial charge in [-0.2, -0.15) is 0 Å². The fourth-order valence-corrected chi connectivity index (χ4v) is 2.79. The maximum atomic E-state index is 3.77. The van der Waals surface area contributed by atoms with Crippen molar-refractivity contribution >= 4 is 15.9 Å². The normalized spacial score (nSPS) is 31.0. The molecule has 0 amide bonds. The lowest BCUT2D eigenvalue weighted by atomic mass is 9.86. The van der Waals surface area contributed by atoms with Crippen LogP contribution in [-0.2, 0) is 0 Å². The van der Waals surface area contributed by atoms with E-state index in [-0.39, 0.29) is 0 Å². The summed E-state index contributed by atoms with van der Waals surface area (Å²) in [6.45, 7) is 7.02. The first-order valence-electron chi connectivity index (χ1n) is 5.13. The Labute approximate surface area is 85.3 Å². The monoisotopic (exact) mass is 232 g/mol. The molecule has 1 rings (SSSR count). The number of hydrogen-bond donors (Lipinski definition) is 0. The SMILES string of the molecule is CC(C)(C)CCC1CCCC1Br. The average Bonchev–Trinajstić information content (AvgIpc) is 2.29. The zero-order valence-corrected chi connectivity index (χ0v) is 10.2. The largest absolute Gasteiger partial charge is 0.0888 e. The van der Waals surface area contributed by atoms with E-state index in [9.17, 15) is 0 Å². The minimum atomic E-state index is 0.523. The third-order valence-corrected chi connectivity index (χ3v) is 4.04. The van der Waals surface area contributed by atoms with Crippen LogP contribution in [0.4, 0.5) is 0 Å². The van der Waals surface area contributed by atoms with Gasteiger partial charge in [0.1, 0.15) is 0 Å². The van der Waals surface area contributed by atoms with Gasteiger partial charge in [0.25, 0.3) is 0 Å². The van der Waals surface area contributed by atoms with Gasteiger partial charge in [-0.15, -0.1) is 0 Å². The van der Waals surface area contributed by atoms with Crippen molar-refractivity contribution in [2.24, 2.45) is 11.3 Å². The molecule has 0 aromatic carbocycles. The second-order valence-electron chi connectivity index (χ2n) is 5.31. The molecule has 1 fully saturated rings. The Morgan fingerprint density at radius 1 is 1.25 bits per heavy atom. The number of hydrogen-bond acceptors (Lipinski definition) is 0. The maximum absolute atomic E-state index is 3.77. The summed E-state index contributed by atoms with van der Waals surface area (Å²) in [5.41, 5.74) is 0.523. The highest BCUT2D eigenvalue weighted by atomic mass is 79.9. The van der Waals surface area contributed by atoms with E-state index in [2.05, 4.69) is 36.7 Å². The Bertz CT molecular complexity index is 134. The Morgan fingerprint density at radius 2 is 1.92 bits per heavy atom. The first-order chi connectivity index (χ1) is 5.49. The van der Waals surface area contributed by atoms with Crippen molar-refractivity contribution in [2.75, 3.05) is 0 Å². The lowest BCUT2D eigenvalue weighted by molar-refractivity contribution is 0.327. The van der Waals surface area contributed by atoms with Gasteiger partial charge in [0.05, 0.1) is 0 Å². The first kappa shape index (κ1) is 10.6. The summed E-state index contributed by atoms with van der Waals surface area (Å²) < 4.78 is 0. The number of rotatable bonds is 2. The van der Waals surface area contributed by atoms with E-state index in [1.165, 1.54) is 32.1 Å². The van der Waals surface area contributed by atoms with Crippen LogP contribution >= 0.6 is 15.9 Å². The Kier molecular flexibility index (Phi) is 3.63. The standard InChI is InChI=1S/C11H21Br/c1-11(2,3)8-7-9-5-4-6-10(9)12/h9-10H,4-8H2,1-3H3. The molecule has 0 spiro atoms. The third kappa shape index (κ3) is 3.47. The van der Waals surface area contributed by atoms with Crippen LogP contribution in [0.1, 0.15) is 52.9 Å². The molecule has 0 radical (unpaired) electrons. The third-order valence-electron chi connectivity index (χ3n) is 2.83. The van der Waals surface area contributed by atoms with Crippen LogP contribution < -0.4 is 0 Å². The van der Waals surface area contributed by atoms with Gasteiger partial charge in [0, 0.05) is 4.83 Å². The fraction of sp³-hybridized carbons (Fsp3) is 1.00. The summed E-state index contributed by atoms with van der Waals surface area (Å²) in [5.74, 6) is 0.962. The van der Waals surface area contributed by atoms with E-state index in [4.69, 9.17) is 0 Å². The van der Waals surface area contributed by atoms with Crippen molar-refractivity contribution < 1.29 is 0 Å². The topological polar surface area (TPSA) is 0 Å². The summed E-state index contributed by atoms with van der Waals surface area (Å²) in [5, 5.41) is 0. The Balaban J connectivity index is 2.23. The van der Waals surface area contributed by atoms with Crippen LogP contribution in [0.5, 0.6) is 0 Å². The van der Waals surface area contributed by atoms with E-state index < -0.39 is 0 Å². The van der Waals surface area contributed by atoms with Crippen molar-refractivity contribution in [3.05, 3.63) is 0 Å². The highest BCUT2D eigenvalue weighted by Crippen LogP contribution is 2.37. The lowest BCUT2D eigenvalue weighted by Crippen LogP contribution is -2.12. The number of halogens is 1. The molecule has 0 heterocycles. The molecule has 0 nitrogen and oxygen atoms in total. The molecule has 12 heavy (non-hydrogen) atoms. The Hall–Kier alpha value is 0.480. The maximum Gasteiger partial charge on any atom is 0.0174 e. The van der Waals surface area contributed by atoms with Gasteiger partial charge >= 0.3 is 0 Å². The highest BCUT2D eigenvalue weighted by Gasteiger charge is 2.25. The molecule has 1 heteroatoms. The first-order valence-corrected chi connectivity index (χ1v) is 6.05. The van der Waals surface area contributed by atoms with Gasteiger partial charge in [0.2, 0.25) is 0 Å². The van der Waals surface area contributed by atoms with Gasteiger partial charge in [0.15, 0.2) is 0 Å². The van der Waals surface area contributed by atoms with E-state index in [1.807, 2.05) is 0 Å². The van der Waals surface area contributed by atoms with Crippen LogP contribution in [0.15, 0.2) is 0 Å². The molecule has 72 valence electrons.